The monoisotopic (exact) mass is 364 g/mol. The van der Waals surface area contributed by atoms with Gasteiger partial charge in [0, 0.05) is 40.8 Å². The maximum atomic E-state index is 14.6. The van der Waals surface area contributed by atoms with Crippen LogP contribution < -0.4 is 11.1 Å². The van der Waals surface area contributed by atoms with Crippen LogP contribution in [-0.4, -0.2) is 36.1 Å². The summed E-state index contributed by atoms with van der Waals surface area (Å²) in [5.41, 5.74) is 9.34. The van der Waals surface area contributed by atoms with Gasteiger partial charge in [-0.15, -0.1) is 0 Å². The Morgan fingerprint density at radius 1 is 1.26 bits per heavy atom. The van der Waals surface area contributed by atoms with Gasteiger partial charge < -0.3 is 16.0 Å². The number of anilines is 2. The SMILES string of the molecule is Cc1cccc(F)c1-c1cc(NC2CCCN(C)C2)c2cc(N)ncc2c1. The Morgan fingerprint density at radius 2 is 2.11 bits per heavy atom. The number of nitrogens with one attached hydrogen (secondary N) is 1. The second-order valence-corrected chi connectivity index (χ2v) is 7.53. The van der Waals surface area contributed by atoms with Crippen LogP contribution in [0, 0.1) is 12.7 Å². The zero-order chi connectivity index (χ0) is 19.0. The van der Waals surface area contributed by atoms with Gasteiger partial charge in [0.1, 0.15) is 11.6 Å². The summed E-state index contributed by atoms with van der Waals surface area (Å²) in [7, 11) is 2.15. The van der Waals surface area contributed by atoms with Gasteiger partial charge in [-0.3, -0.25) is 0 Å². The predicted molar refractivity (Wildman–Crippen MR) is 110 cm³/mol. The van der Waals surface area contributed by atoms with Gasteiger partial charge in [0.2, 0.25) is 0 Å². The lowest BCUT2D eigenvalue weighted by Gasteiger charge is -2.31. The van der Waals surface area contributed by atoms with E-state index < -0.39 is 0 Å². The topological polar surface area (TPSA) is 54.2 Å². The number of nitrogens with zero attached hydrogens (tertiary/aromatic N) is 2. The summed E-state index contributed by atoms with van der Waals surface area (Å²) >= 11 is 0. The van der Waals surface area contributed by atoms with Crippen LogP contribution in [0.1, 0.15) is 18.4 Å². The molecule has 3 aromatic rings. The zero-order valence-corrected chi connectivity index (χ0v) is 15.8. The largest absolute Gasteiger partial charge is 0.384 e. The number of likely N-dealkylation sites (tertiary alicyclic amines) is 1. The van der Waals surface area contributed by atoms with Crippen LogP contribution in [0.2, 0.25) is 0 Å². The standard InChI is InChI=1S/C22H25FN4/c1-14-5-3-7-19(23)22(14)15-9-16-12-25-21(24)11-18(16)20(10-15)26-17-6-4-8-27(2)13-17/h3,5,7,9-12,17,26H,4,6,8,13H2,1-2H3,(H2,24,25). The molecule has 1 aliphatic rings. The highest BCUT2D eigenvalue weighted by Crippen LogP contribution is 2.35. The Bertz CT molecular complexity index is 965. The van der Waals surface area contributed by atoms with Gasteiger partial charge in [0.05, 0.1) is 0 Å². The lowest BCUT2D eigenvalue weighted by atomic mass is 9.96. The lowest BCUT2D eigenvalue weighted by Crippen LogP contribution is -2.39. The number of aryl methyl sites for hydroxylation is 1. The zero-order valence-electron chi connectivity index (χ0n) is 15.8. The molecule has 3 N–H and O–H groups in total. The summed E-state index contributed by atoms with van der Waals surface area (Å²) in [5.74, 6) is 0.280. The highest BCUT2D eigenvalue weighted by Gasteiger charge is 2.19. The molecule has 1 fully saturated rings. The van der Waals surface area contributed by atoms with E-state index in [1.165, 1.54) is 12.5 Å². The van der Waals surface area contributed by atoms with E-state index in [2.05, 4.69) is 22.2 Å². The summed E-state index contributed by atoms with van der Waals surface area (Å²) < 4.78 is 14.6. The molecule has 0 bridgehead atoms. The number of pyridine rings is 1. The van der Waals surface area contributed by atoms with Crippen molar-refractivity contribution in [3.05, 3.63) is 54.0 Å². The van der Waals surface area contributed by atoms with Crippen molar-refractivity contribution in [2.45, 2.75) is 25.8 Å². The molecule has 1 unspecified atom stereocenters. The first-order valence-corrected chi connectivity index (χ1v) is 9.41. The number of aromatic nitrogens is 1. The summed E-state index contributed by atoms with van der Waals surface area (Å²) in [6.45, 7) is 4.06. The molecule has 5 heteroatoms. The molecule has 0 radical (unpaired) electrons. The van der Waals surface area contributed by atoms with E-state index in [0.29, 0.717) is 17.4 Å². The molecule has 2 aromatic carbocycles. The highest BCUT2D eigenvalue weighted by atomic mass is 19.1. The Morgan fingerprint density at radius 3 is 2.89 bits per heavy atom. The third kappa shape index (κ3) is 3.60. The van der Waals surface area contributed by atoms with E-state index in [9.17, 15) is 4.39 Å². The summed E-state index contributed by atoms with van der Waals surface area (Å²) in [4.78, 5) is 6.57. The van der Waals surface area contributed by atoms with E-state index in [4.69, 9.17) is 5.73 Å². The van der Waals surface area contributed by atoms with Crippen molar-refractivity contribution in [2.75, 3.05) is 31.2 Å². The number of nitrogens with two attached hydrogens (primary N) is 1. The van der Waals surface area contributed by atoms with E-state index in [1.54, 1.807) is 12.3 Å². The smallest absolute Gasteiger partial charge is 0.131 e. The molecule has 140 valence electrons. The summed E-state index contributed by atoms with van der Waals surface area (Å²) in [6, 6.07) is 11.5. The highest BCUT2D eigenvalue weighted by molar-refractivity contribution is 5.98. The van der Waals surface area contributed by atoms with Gasteiger partial charge in [-0.05, 0) is 68.8 Å². The number of fused-ring (bicyclic) bond motifs is 1. The van der Waals surface area contributed by atoms with Crippen LogP contribution in [0.25, 0.3) is 21.9 Å². The van der Waals surface area contributed by atoms with E-state index in [-0.39, 0.29) is 5.82 Å². The third-order valence-electron chi connectivity index (χ3n) is 5.35. The van der Waals surface area contributed by atoms with Crippen molar-refractivity contribution < 1.29 is 4.39 Å². The number of hydrogen-bond acceptors (Lipinski definition) is 4. The maximum Gasteiger partial charge on any atom is 0.131 e. The van der Waals surface area contributed by atoms with Gasteiger partial charge >= 0.3 is 0 Å². The number of nitrogen functional groups attached to an aromatic ring is 1. The fourth-order valence-corrected chi connectivity index (χ4v) is 4.04. The second kappa shape index (κ2) is 7.16. The fraction of sp³-hybridized carbons (Fsp3) is 0.318. The molecule has 2 heterocycles. The van der Waals surface area contributed by atoms with Crippen molar-refractivity contribution in [2.24, 2.45) is 0 Å². The summed E-state index contributed by atoms with van der Waals surface area (Å²) in [5, 5.41) is 5.66. The van der Waals surface area contributed by atoms with Crippen molar-refractivity contribution in [1.29, 1.82) is 0 Å². The van der Waals surface area contributed by atoms with E-state index in [1.807, 2.05) is 31.2 Å². The molecule has 0 aliphatic carbocycles. The molecule has 27 heavy (non-hydrogen) atoms. The Labute approximate surface area is 159 Å². The number of piperidine rings is 1. The van der Waals surface area contributed by atoms with Crippen LogP contribution >= 0.6 is 0 Å². The minimum Gasteiger partial charge on any atom is -0.384 e. The first-order chi connectivity index (χ1) is 13.0. The van der Waals surface area contributed by atoms with Crippen LogP contribution in [0.4, 0.5) is 15.9 Å². The number of rotatable bonds is 3. The quantitative estimate of drug-likeness (QED) is 0.721. The molecule has 1 aromatic heterocycles. The average molecular weight is 364 g/mol. The number of hydrogen-bond donors (Lipinski definition) is 2. The fourth-order valence-electron chi connectivity index (χ4n) is 4.04. The predicted octanol–water partition coefficient (Wildman–Crippen LogP) is 4.44. The summed E-state index contributed by atoms with van der Waals surface area (Å²) in [6.07, 6.45) is 4.06. The van der Waals surface area contributed by atoms with Crippen molar-refractivity contribution in [3.63, 3.8) is 0 Å². The van der Waals surface area contributed by atoms with Gasteiger partial charge in [-0.2, -0.15) is 0 Å². The normalized spacial score (nSPS) is 18.0. The third-order valence-corrected chi connectivity index (χ3v) is 5.35. The van der Waals surface area contributed by atoms with Crippen molar-refractivity contribution >= 4 is 22.3 Å². The molecule has 0 spiro atoms. The molecular weight excluding hydrogens is 339 g/mol. The molecule has 1 aliphatic heterocycles. The molecule has 4 rings (SSSR count). The number of halogens is 1. The molecule has 0 saturated carbocycles. The molecule has 4 nitrogen and oxygen atoms in total. The molecular formula is C22H25FN4. The first-order valence-electron chi connectivity index (χ1n) is 9.41. The van der Waals surface area contributed by atoms with Crippen molar-refractivity contribution in [3.8, 4) is 11.1 Å². The van der Waals surface area contributed by atoms with Gasteiger partial charge in [-0.25, -0.2) is 9.37 Å². The Hall–Kier alpha value is -2.66. The van der Waals surface area contributed by atoms with Crippen molar-refractivity contribution in [1.82, 2.24) is 9.88 Å². The minimum absolute atomic E-state index is 0.207. The molecule has 1 atom stereocenters. The Balaban J connectivity index is 1.84. The average Bonchev–Trinajstić information content (AvgIpc) is 2.62. The van der Waals surface area contributed by atoms with Crippen LogP contribution in [0.3, 0.4) is 0 Å². The van der Waals surface area contributed by atoms with Gasteiger partial charge in [0.15, 0.2) is 0 Å². The molecule has 1 saturated heterocycles. The lowest BCUT2D eigenvalue weighted by molar-refractivity contribution is 0.261. The van der Waals surface area contributed by atoms with Gasteiger partial charge in [-0.1, -0.05) is 12.1 Å². The number of benzene rings is 2. The number of likely N-dealkylation sites (N-methyl/N-ethyl adjacent to an activating group) is 1. The Kier molecular flexibility index (Phi) is 4.70. The minimum atomic E-state index is -0.207. The second-order valence-electron chi connectivity index (χ2n) is 7.53. The van der Waals surface area contributed by atoms with Gasteiger partial charge in [0.25, 0.3) is 0 Å². The maximum absolute atomic E-state index is 14.6. The van der Waals surface area contributed by atoms with Crippen LogP contribution in [0.15, 0.2) is 42.6 Å². The van der Waals surface area contributed by atoms with E-state index >= 15 is 0 Å². The van der Waals surface area contributed by atoms with Crippen LogP contribution in [0.5, 0.6) is 0 Å². The first kappa shape index (κ1) is 17.7. The van der Waals surface area contributed by atoms with E-state index in [0.717, 1.165) is 47.1 Å². The molecule has 0 amide bonds. The van der Waals surface area contributed by atoms with Crippen LogP contribution in [-0.2, 0) is 0 Å².